The Bertz CT molecular complexity index is 485. The minimum absolute atomic E-state index is 0. The fourth-order valence-electron chi connectivity index (χ4n) is 3.60. The molecule has 1 aromatic rings. The number of likely N-dealkylation sites (tertiary alicyclic amines) is 1. The van der Waals surface area contributed by atoms with Gasteiger partial charge in [0.25, 0.3) is 0 Å². The van der Waals surface area contributed by atoms with Gasteiger partial charge in [0.15, 0.2) is 0 Å². The van der Waals surface area contributed by atoms with Crippen LogP contribution in [0.1, 0.15) is 42.9 Å². The van der Waals surface area contributed by atoms with E-state index < -0.39 is 0 Å². The molecule has 0 aromatic heterocycles. The number of halogens is 1. The molecule has 2 heterocycles. The number of hydrogen-bond donors (Lipinski definition) is 1. The lowest BCUT2D eigenvalue weighted by Crippen LogP contribution is -2.32. The molecule has 21 heavy (non-hydrogen) atoms. The molecular weight excluding hydrogens is 284 g/mol. The summed E-state index contributed by atoms with van der Waals surface area (Å²) in [5, 5.41) is 3.35. The van der Waals surface area contributed by atoms with Crippen molar-refractivity contribution in [1.82, 2.24) is 10.2 Å². The Hall–Kier alpha value is -1.06. The molecule has 2 saturated heterocycles. The molecule has 116 valence electrons. The smallest absolute Gasteiger partial charge is 0.223 e. The minimum atomic E-state index is 0. The van der Waals surface area contributed by atoms with E-state index in [1.807, 2.05) is 0 Å². The lowest BCUT2D eigenvalue weighted by atomic mass is 9.98. The van der Waals surface area contributed by atoms with Gasteiger partial charge in [-0.05, 0) is 56.3 Å². The van der Waals surface area contributed by atoms with Crippen LogP contribution in [-0.4, -0.2) is 30.4 Å². The number of aryl methyl sites for hydroxylation is 1. The molecule has 0 saturated carbocycles. The Morgan fingerprint density at radius 2 is 2.14 bits per heavy atom. The van der Waals surface area contributed by atoms with E-state index >= 15 is 0 Å². The maximum absolute atomic E-state index is 12.6. The Morgan fingerprint density at radius 3 is 2.86 bits per heavy atom. The first kappa shape index (κ1) is 16.3. The third kappa shape index (κ3) is 3.58. The maximum Gasteiger partial charge on any atom is 0.223 e. The van der Waals surface area contributed by atoms with Crippen LogP contribution in [0.3, 0.4) is 0 Å². The Morgan fingerprint density at radius 1 is 1.33 bits per heavy atom. The number of benzene rings is 1. The molecule has 2 aliphatic heterocycles. The van der Waals surface area contributed by atoms with Crippen molar-refractivity contribution in [3.05, 3.63) is 35.4 Å². The summed E-state index contributed by atoms with van der Waals surface area (Å²) in [6, 6.07) is 8.80. The second kappa shape index (κ2) is 7.28. The maximum atomic E-state index is 12.6. The van der Waals surface area contributed by atoms with Crippen molar-refractivity contribution in [2.45, 2.75) is 38.6 Å². The van der Waals surface area contributed by atoms with Crippen LogP contribution in [-0.2, 0) is 4.79 Å². The van der Waals surface area contributed by atoms with Crippen LogP contribution in [0.15, 0.2) is 24.3 Å². The highest BCUT2D eigenvalue weighted by molar-refractivity contribution is 5.85. The van der Waals surface area contributed by atoms with Crippen molar-refractivity contribution in [2.75, 3.05) is 19.6 Å². The summed E-state index contributed by atoms with van der Waals surface area (Å²) in [5.74, 6) is 0.894. The average molecular weight is 309 g/mol. The number of hydrogen-bond acceptors (Lipinski definition) is 2. The summed E-state index contributed by atoms with van der Waals surface area (Å²) in [7, 11) is 0. The van der Waals surface area contributed by atoms with Gasteiger partial charge < -0.3 is 10.2 Å². The molecule has 2 fully saturated rings. The summed E-state index contributed by atoms with van der Waals surface area (Å²) in [4.78, 5) is 14.7. The van der Waals surface area contributed by atoms with Gasteiger partial charge in [0.05, 0.1) is 6.04 Å². The molecule has 1 N–H and O–H groups in total. The monoisotopic (exact) mass is 308 g/mol. The van der Waals surface area contributed by atoms with Crippen LogP contribution in [0.4, 0.5) is 0 Å². The summed E-state index contributed by atoms with van der Waals surface area (Å²) < 4.78 is 0. The van der Waals surface area contributed by atoms with E-state index in [2.05, 4.69) is 41.4 Å². The van der Waals surface area contributed by atoms with E-state index in [4.69, 9.17) is 0 Å². The highest BCUT2D eigenvalue weighted by Crippen LogP contribution is 2.34. The average Bonchev–Trinajstić information content (AvgIpc) is 3.09. The van der Waals surface area contributed by atoms with Crippen molar-refractivity contribution in [3.63, 3.8) is 0 Å². The van der Waals surface area contributed by atoms with Crippen LogP contribution in [0.25, 0.3) is 0 Å². The lowest BCUT2D eigenvalue weighted by Gasteiger charge is -2.27. The third-order valence-corrected chi connectivity index (χ3v) is 4.75. The predicted octanol–water partition coefficient (Wildman–Crippen LogP) is 3.08. The number of amides is 1. The minimum Gasteiger partial charge on any atom is -0.336 e. The van der Waals surface area contributed by atoms with Crippen molar-refractivity contribution in [2.24, 2.45) is 5.92 Å². The standard InChI is InChI=1S/C17H24N2O.ClH/c1-13-5-2-3-6-15(13)16-7-4-10-19(16)17(20)11-14-8-9-18-12-14;/h2-3,5-6,14,16,18H,4,7-12H2,1H3;1H. The zero-order chi connectivity index (χ0) is 13.9. The molecule has 3 nitrogen and oxygen atoms in total. The second-order valence-corrected chi connectivity index (χ2v) is 6.16. The van der Waals surface area contributed by atoms with E-state index in [9.17, 15) is 4.79 Å². The number of carbonyl (C=O) groups excluding carboxylic acids is 1. The van der Waals surface area contributed by atoms with Gasteiger partial charge in [0.2, 0.25) is 5.91 Å². The number of nitrogens with one attached hydrogen (secondary N) is 1. The van der Waals surface area contributed by atoms with Gasteiger partial charge in [-0.15, -0.1) is 12.4 Å². The van der Waals surface area contributed by atoms with Crippen LogP contribution >= 0.6 is 12.4 Å². The first-order chi connectivity index (χ1) is 9.75. The van der Waals surface area contributed by atoms with Crippen molar-refractivity contribution in [3.8, 4) is 0 Å². The Balaban J connectivity index is 0.00000161. The molecular formula is C17H25ClN2O. The van der Waals surface area contributed by atoms with Gasteiger partial charge in [-0.25, -0.2) is 0 Å². The van der Waals surface area contributed by atoms with E-state index in [1.54, 1.807) is 0 Å². The fraction of sp³-hybridized carbons (Fsp3) is 0.588. The lowest BCUT2D eigenvalue weighted by molar-refractivity contribution is -0.133. The largest absolute Gasteiger partial charge is 0.336 e. The van der Waals surface area contributed by atoms with Crippen molar-refractivity contribution < 1.29 is 4.79 Å². The van der Waals surface area contributed by atoms with Gasteiger partial charge in [-0.3, -0.25) is 4.79 Å². The first-order valence-corrected chi connectivity index (χ1v) is 7.81. The number of carbonyl (C=O) groups is 1. The number of nitrogens with zero attached hydrogens (tertiary/aromatic N) is 1. The highest BCUT2D eigenvalue weighted by Gasteiger charge is 2.32. The van der Waals surface area contributed by atoms with E-state index in [0.29, 0.717) is 17.9 Å². The molecule has 4 heteroatoms. The first-order valence-electron chi connectivity index (χ1n) is 7.81. The molecule has 1 amide bonds. The van der Waals surface area contributed by atoms with Gasteiger partial charge in [0.1, 0.15) is 0 Å². The molecule has 2 unspecified atom stereocenters. The summed E-state index contributed by atoms with van der Waals surface area (Å²) in [6.45, 7) is 5.16. The molecule has 1 aromatic carbocycles. The predicted molar refractivity (Wildman–Crippen MR) is 87.7 cm³/mol. The molecule has 3 rings (SSSR count). The van der Waals surface area contributed by atoms with Gasteiger partial charge >= 0.3 is 0 Å². The Labute approximate surface area is 133 Å². The third-order valence-electron chi connectivity index (χ3n) is 4.75. The SMILES string of the molecule is Cc1ccccc1C1CCCN1C(=O)CC1CCNC1.Cl. The summed E-state index contributed by atoms with van der Waals surface area (Å²) in [6.07, 6.45) is 4.11. The van der Waals surface area contributed by atoms with Crippen LogP contribution in [0, 0.1) is 12.8 Å². The van der Waals surface area contributed by atoms with E-state index in [1.165, 1.54) is 11.1 Å². The van der Waals surface area contributed by atoms with Crippen LogP contribution < -0.4 is 5.32 Å². The highest BCUT2D eigenvalue weighted by atomic mass is 35.5. The van der Waals surface area contributed by atoms with Crippen LogP contribution in [0.5, 0.6) is 0 Å². The van der Waals surface area contributed by atoms with Crippen LogP contribution in [0.2, 0.25) is 0 Å². The molecule has 0 radical (unpaired) electrons. The van der Waals surface area contributed by atoms with Crippen molar-refractivity contribution in [1.29, 1.82) is 0 Å². The van der Waals surface area contributed by atoms with Gasteiger partial charge in [-0.1, -0.05) is 24.3 Å². The quantitative estimate of drug-likeness (QED) is 0.930. The summed E-state index contributed by atoms with van der Waals surface area (Å²) in [5.41, 5.74) is 2.64. The van der Waals surface area contributed by atoms with E-state index in [-0.39, 0.29) is 12.4 Å². The van der Waals surface area contributed by atoms with Gasteiger partial charge in [-0.2, -0.15) is 0 Å². The molecule has 0 bridgehead atoms. The summed E-state index contributed by atoms with van der Waals surface area (Å²) >= 11 is 0. The van der Waals surface area contributed by atoms with Gasteiger partial charge in [0, 0.05) is 13.0 Å². The Kier molecular flexibility index (Phi) is 5.65. The second-order valence-electron chi connectivity index (χ2n) is 6.16. The topological polar surface area (TPSA) is 32.3 Å². The van der Waals surface area contributed by atoms with E-state index in [0.717, 1.165) is 45.3 Å². The number of rotatable bonds is 3. The molecule has 0 aliphatic carbocycles. The molecule has 2 aliphatic rings. The normalized spacial score (nSPS) is 24.9. The molecule has 2 atom stereocenters. The fourth-order valence-corrected chi connectivity index (χ4v) is 3.60. The zero-order valence-corrected chi connectivity index (χ0v) is 13.5. The zero-order valence-electron chi connectivity index (χ0n) is 12.7. The van der Waals surface area contributed by atoms with Crippen molar-refractivity contribution >= 4 is 18.3 Å². The molecule has 0 spiro atoms.